The number of ether oxygens (including phenoxy) is 2. The number of nitrogens with zero attached hydrogens (tertiary/aromatic N) is 4. The Balaban J connectivity index is 1.60. The molecule has 1 saturated heterocycles. The van der Waals surface area contributed by atoms with E-state index in [0.29, 0.717) is 28.3 Å². The van der Waals surface area contributed by atoms with Crippen LogP contribution in [0.15, 0.2) is 30.9 Å². The topological polar surface area (TPSA) is 155 Å². The first-order valence-electron chi connectivity index (χ1n) is 8.93. The fourth-order valence-corrected chi connectivity index (χ4v) is 3.29. The highest BCUT2D eigenvalue weighted by atomic mass is 16.6. The zero-order valence-corrected chi connectivity index (χ0v) is 15.5. The molecule has 0 bridgehead atoms. The van der Waals surface area contributed by atoms with Crippen molar-refractivity contribution in [3.8, 4) is 11.5 Å². The fraction of sp³-hybridized carbons (Fsp3) is 0.389. The number of hydrogen-bond acceptors (Lipinski definition) is 10. The summed E-state index contributed by atoms with van der Waals surface area (Å²) in [5.41, 5.74) is 1.42. The molecule has 11 heteroatoms. The standard InChI is InChI=1S/C18H21N5O6/c1-28-10-2-3-11(25)9(4-10)5-19-16-13-17(21-7-20-16)23(8-22-13)18-15(27)14(26)12(6-24)29-18/h2-4,7-8,12,14-15,18,24-27H,5-6H2,1H3,(H,19,20,21)/t12-,14-,15-,18?/m1/s1. The molecule has 0 saturated carbocycles. The van der Waals surface area contributed by atoms with Crippen molar-refractivity contribution in [3.63, 3.8) is 0 Å². The predicted octanol–water partition coefficient (Wildman–Crippen LogP) is -0.236. The normalized spacial score (nSPS) is 24.1. The first-order valence-corrected chi connectivity index (χ1v) is 8.93. The number of phenols is 1. The molecule has 0 amide bonds. The van der Waals surface area contributed by atoms with E-state index in [1.54, 1.807) is 25.3 Å². The highest BCUT2D eigenvalue weighted by molar-refractivity contribution is 5.82. The number of fused-ring (bicyclic) bond motifs is 1. The first-order chi connectivity index (χ1) is 14.0. The zero-order chi connectivity index (χ0) is 20.5. The molecule has 1 aromatic carbocycles. The first kappa shape index (κ1) is 19.3. The summed E-state index contributed by atoms with van der Waals surface area (Å²) in [4.78, 5) is 12.7. The molecule has 2 aromatic heterocycles. The summed E-state index contributed by atoms with van der Waals surface area (Å²) < 4.78 is 12.2. The molecular weight excluding hydrogens is 382 g/mol. The van der Waals surface area contributed by atoms with Crippen molar-refractivity contribution in [3.05, 3.63) is 36.4 Å². The molecule has 3 aromatic rings. The maximum atomic E-state index is 10.3. The van der Waals surface area contributed by atoms with Crippen LogP contribution in [0, 0.1) is 0 Å². The van der Waals surface area contributed by atoms with Gasteiger partial charge in [0.05, 0.1) is 20.0 Å². The summed E-state index contributed by atoms with van der Waals surface area (Å²) in [5, 5.41) is 42.7. The van der Waals surface area contributed by atoms with Crippen molar-refractivity contribution in [1.82, 2.24) is 19.5 Å². The third-order valence-corrected chi connectivity index (χ3v) is 4.88. The average Bonchev–Trinajstić information content (AvgIpc) is 3.29. The molecule has 1 fully saturated rings. The van der Waals surface area contributed by atoms with E-state index in [1.807, 2.05) is 0 Å². The molecule has 4 atom stereocenters. The molecule has 154 valence electrons. The largest absolute Gasteiger partial charge is 0.508 e. The van der Waals surface area contributed by atoms with E-state index in [9.17, 15) is 20.4 Å². The highest BCUT2D eigenvalue weighted by Crippen LogP contribution is 2.32. The van der Waals surface area contributed by atoms with E-state index in [-0.39, 0.29) is 12.3 Å². The molecule has 11 nitrogen and oxygen atoms in total. The lowest BCUT2D eigenvalue weighted by Crippen LogP contribution is -2.33. The second-order valence-electron chi connectivity index (χ2n) is 6.62. The van der Waals surface area contributed by atoms with E-state index < -0.39 is 31.1 Å². The second kappa shape index (κ2) is 7.79. The number of aliphatic hydroxyl groups is 3. The van der Waals surface area contributed by atoms with Gasteiger partial charge < -0.3 is 35.2 Å². The van der Waals surface area contributed by atoms with Gasteiger partial charge in [0.25, 0.3) is 0 Å². The summed E-state index contributed by atoms with van der Waals surface area (Å²) in [6, 6.07) is 4.91. The van der Waals surface area contributed by atoms with Crippen LogP contribution in [0.25, 0.3) is 11.2 Å². The second-order valence-corrected chi connectivity index (χ2v) is 6.62. The van der Waals surface area contributed by atoms with Crippen LogP contribution in [-0.4, -0.2) is 72.0 Å². The van der Waals surface area contributed by atoms with Gasteiger partial charge in [0.15, 0.2) is 23.2 Å². The Morgan fingerprint density at radius 1 is 1.21 bits per heavy atom. The molecule has 1 aliphatic heterocycles. The number of imidazole rings is 1. The van der Waals surface area contributed by atoms with E-state index >= 15 is 0 Å². The maximum absolute atomic E-state index is 10.3. The highest BCUT2D eigenvalue weighted by Gasteiger charge is 2.44. The number of nitrogens with one attached hydrogen (secondary N) is 1. The summed E-state index contributed by atoms with van der Waals surface area (Å²) in [6.45, 7) is -0.164. The number of benzene rings is 1. The van der Waals surface area contributed by atoms with Crippen molar-refractivity contribution < 1.29 is 29.9 Å². The Morgan fingerprint density at radius 3 is 2.76 bits per heavy atom. The van der Waals surface area contributed by atoms with Gasteiger partial charge in [-0.15, -0.1) is 0 Å². The number of hydrogen-bond donors (Lipinski definition) is 5. The Morgan fingerprint density at radius 2 is 2.03 bits per heavy atom. The number of methoxy groups -OCH3 is 1. The van der Waals surface area contributed by atoms with Crippen molar-refractivity contribution in [1.29, 1.82) is 0 Å². The summed E-state index contributed by atoms with van der Waals surface area (Å²) in [7, 11) is 1.54. The fourth-order valence-electron chi connectivity index (χ4n) is 3.29. The van der Waals surface area contributed by atoms with Gasteiger partial charge in [-0.3, -0.25) is 4.57 Å². The lowest BCUT2D eigenvalue weighted by atomic mass is 10.1. The third-order valence-electron chi connectivity index (χ3n) is 4.88. The van der Waals surface area contributed by atoms with E-state index in [0.717, 1.165) is 0 Å². The Kier molecular flexibility index (Phi) is 5.20. The van der Waals surface area contributed by atoms with Crippen molar-refractivity contribution in [2.24, 2.45) is 0 Å². The molecule has 0 spiro atoms. The van der Waals surface area contributed by atoms with Gasteiger partial charge in [0.2, 0.25) is 0 Å². The van der Waals surface area contributed by atoms with Crippen LogP contribution in [-0.2, 0) is 11.3 Å². The number of rotatable bonds is 6. The summed E-state index contributed by atoms with van der Waals surface area (Å²) >= 11 is 0. The van der Waals surface area contributed by atoms with Crippen molar-refractivity contribution >= 4 is 17.0 Å². The number of aliphatic hydroxyl groups excluding tert-OH is 3. The van der Waals surface area contributed by atoms with Crippen LogP contribution >= 0.6 is 0 Å². The lowest BCUT2D eigenvalue weighted by Gasteiger charge is -2.16. The van der Waals surface area contributed by atoms with Gasteiger partial charge in [0.1, 0.15) is 36.1 Å². The summed E-state index contributed by atoms with van der Waals surface area (Å²) in [5.74, 6) is 1.14. The Hall–Kier alpha value is -2.99. The van der Waals surface area contributed by atoms with Gasteiger partial charge in [-0.05, 0) is 18.2 Å². The quantitative estimate of drug-likeness (QED) is 0.372. The van der Waals surface area contributed by atoms with Crippen LogP contribution in [0.1, 0.15) is 11.8 Å². The van der Waals surface area contributed by atoms with Gasteiger partial charge in [0, 0.05) is 12.1 Å². The minimum atomic E-state index is -1.25. The van der Waals surface area contributed by atoms with Gasteiger partial charge in [-0.25, -0.2) is 15.0 Å². The molecule has 3 heterocycles. The lowest BCUT2D eigenvalue weighted by molar-refractivity contribution is -0.0511. The van der Waals surface area contributed by atoms with Gasteiger partial charge in [-0.2, -0.15) is 0 Å². The van der Waals surface area contributed by atoms with Crippen LogP contribution < -0.4 is 10.1 Å². The van der Waals surface area contributed by atoms with Crippen molar-refractivity contribution in [2.75, 3.05) is 19.0 Å². The SMILES string of the molecule is COc1ccc(O)c(CNc2ncnc3c2ncn3C2O[C@H](CO)[C@@H](O)[C@H]2O)c1. The molecule has 29 heavy (non-hydrogen) atoms. The van der Waals surface area contributed by atoms with E-state index in [4.69, 9.17) is 9.47 Å². The van der Waals surface area contributed by atoms with Crippen LogP contribution in [0.2, 0.25) is 0 Å². The Bertz CT molecular complexity index is 1010. The molecule has 0 aliphatic carbocycles. The third kappa shape index (κ3) is 3.44. The molecule has 4 rings (SSSR count). The van der Waals surface area contributed by atoms with Crippen LogP contribution in [0.3, 0.4) is 0 Å². The number of aromatic nitrogens is 4. The summed E-state index contributed by atoms with van der Waals surface area (Å²) in [6.07, 6.45) is -1.56. The number of phenolic OH excluding ortho intramolecular Hbond substituents is 1. The molecule has 1 aliphatic rings. The zero-order valence-electron chi connectivity index (χ0n) is 15.5. The van der Waals surface area contributed by atoms with E-state index in [2.05, 4.69) is 20.3 Å². The average molecular weight is 403 g/mol. The Labute approximate surface area is 165 Å². The van der Waals surface area contributed by atoms with Gasteiger partial charge in [-0.1, -0.05) is 0 Å². The molecular formula is C18H21N5O6. The molecule has 0 radical (unpaired) electrons. The van der Waals surface area contributed by atoms with E-state index in [1.165, 1.54) is 17.2 Å². The molecule has 1 unspecified atom stereocenters. The van der Waals surface area contributed by atoms with Crippen molar-refractivity contribution in [2.45, 2.75) is 31.1 Å². The maximum Gasteiger partial charge on any atom is 0.167 e. The smallest absolute Gasteiger partial charge is 0.167 e. The molecule has 5 N–H and O–H groups in total. The number of aromatic hydroxyl groups is 1. The minimum Gasteiger partial charge on any atom is -0.508 e. The van der Waals surface area contributed by atoms with Crippen LogP contribution in [0.5, 0.6) is 11.5 Å². The predicted molar refractivity (Wildman–Crippen MR) is 100 cm³/mol. The van der Waals surface area contributed by atoms with Crippen LogP contribution in [0.4, 0.5) is 5.82 Å². The van der Waals surface area contributed by atoms with Gasteiger partial charge >= 0.3 is 0 Å². The minimum absolute atomic E-state index is 0.112. The monoisotopic (exact) mass is 403 g/mol. The number of anilines is 1.